The average molecular weight is 205 g/mol. The van der Waals surface area contributed by atoms with E-state index < -0.39 is 0 Å². The van der Waals surface area contributed by atoms with E-state index in [0.29, 0.717) is 18.8 Å². The fourth-order valence-electron chi connectivity index (χ4n) is 1.87. The summed E-state index contributed by atoms with van der Waals surface area (Å²) in [5, 5.41) is 0. The minimum absolute atomic E-state index is 0.206. The molecule has 0 saturated heterocycles. The predicted octanol–water partition coefficient (Wildman–Crippen LogP) is 0.958. The molecule has 0 atom stereocenters. The Morgan fingerprint density at radius 2 is 2.40 bits per heavy atom. The highest BCUT2D eigenvalue weighted by molar-refractivity contribution is 5.76. The fourth-order valence-corrected chi connectivity index (χ4v) is 1.87. The molecule has 2 N–H and O–H groups in total. The minimum Gasteiger partial charge on any atom is -0.384 e. The lowest BCUT2D eigenvalue weighted by molar-refractivity contribution is -0.131. The number of fused-ring (bicyclic) bond motifs is 1. The van der Waals surface area contributed by atoms with Gasteiger partial charge in [-0.1, -0.05) is 13.0 Å². The van der Waals surface area contributed by atoms with Gasteiger partial charge in [-0.25, -0.2) is 4.98 Å². The number of carbonyl (C=O) groups excluding carboxylic acids is 1. The van der Waals surface area contributed by atoms with Gasteiger partial charge in [0.25, 0.3) is 0 Å². The van der Waals surface area contributed by atoms with Gasteiger partial charge in [0.1, 0.15) is 5.82 Å². The predicted molar refractivity (Wildman–Crippen MR) is 58.1 cm³/mol. The van der Waals surface area contributed by atoms with Crippen molar-refractivity contribution in [2.45, 2.75) is 26.3 Å². The van der Waals surface area contributed by atoms with E-state index in [0.717, 1.165) is 24.2 Å². The number of carbonyl (C=O) groups is 1. The van der Waals surface area contributed by atoms with Crippen LogP contribution in [0.25, 0.3) is 0 Å². The van der Waals surface area contributed by atoms with E-state index in [-0.39, 0.29) is 5.91 Å². The SMILES string of the molecule is CCC(=O)N1CCc2nc(N)ccc2C1. The number of hydrogen-bond acceptors (Lipinski definition) is 3. The van der Waals surface area contributed by atoms with Crippen LogP contribution < -0.4 is 5.73 Å². The Hall–Kier alpha value is -1.58. The number of nitrogens with two attached hydrogens (primary N) is 1. The van der Waals surface area contributed by atoms with Crippen LogP contribution in [-0.4, -0.2) is 22.3 Å². The van der Waals surface area contributed by atoms with Crippen molar-refractivity contribution in [1.82, 2.24) is 9.88 Å². The molecule has 0 radical (unpaired) electrons. The van der Waals surface area contributed by atoms with E-state index in [1.54, 1.807) is 6.07 Å². The van der Waals surface area contributed by atoms with E-state index in [4.69, 9.17) is 5.73 Å². The molecule has 2 rings (SSSR count). The van der Waals surface area contributed by atoms with Crippen LogP contribution in [0.4, 0.5) is 5.82 Å². The molecule has 1 aromatic heterocycles. The van der Waals surface area contributed by atoms with Crippen LogP contribution in [0.3, 0.4) is 0 Å². The topological polar surface area (TPSA) is 59.2 Å². The van der Waals surface area contributed by atoms with Crippen LogP contribution in [0.15, 0.2) is 12.1 Å². The summed E-state index contributed by atoms with van der Waals surface area (Å²) in [6, 6.07) is 3.76. The van der Waals surface area contributed by atoms with Crippen LogP contribution in [0.1, 0.15) is 24.6 Å². The molecule has 0 bridgehead atoms. The van der Waals surface area contributed by atoms with Crippen molar-refractivity contribution in [2.75, 3.05) is 12.3 Å². The monoisotopic (exact) mass is 205 g/mol. The van der Waals surface area contributed by atoms with E-state index in [9.17, 15) is 4.79 Å². The summed E-state index contributed by atoms with van der Waals surface area (Å²) in [7, 11) is 0. The Morgan fingerprint density at radius 3 is 3.13 bits per heavy atom. The summed E-state index contributed by atoms with van der Waals surface area (Å²) in [6.45, 7) is 3.32. The molecule has 0 aliphatic carbocycles. The standard InChI is InChI=1S/C11H15N3O/c1-2-11(15)14-6-5-9-8(7-14)3-4-10(12)13-9/h3-4H,2,5-7H2,1H3,(H2,12,13). The highest BCUT2D eigenvalue weighted by atomic mass is 16.2. The fraction of sp³-hybridized carbons (Fsp3) is 0.455. The molecule has 4 nitrogen and oxygen atoms in total. The number of nitrogens with zero attached hydrogens (tertiary/aromatic N) is 2. The Balaban J connectivity index is 2.20. The molecule has 1 aromatic rings. The van der Waals surface area contributed by atoms with Gasteiger partial charge < -0.3 is 10.6 Å². The number of pyridine rings is 1. The van der Waals surface area contributed by atoms with Crippen molar-refractivity contribution in [2.24, 2.45) is 0 Å². The van der Waals surface area contributed by atoms with Crippen molar-refractivity contribution in [1.29, 1.82) is 0 Å². The minimum atomic E-state index is 0.206. The first kappa shape index (κ1) is 9.96. The van der Waals surface area contributed by atoms with Crippen LogP contribution >= 0.6 is 0 Å². The molecule has 1 amide bonds. The molecule has 2 heterocycles. The number of anilines is 1. The van der Waals surface area contributed by atoms with Crippen LogP contribution in [0.5, 0.6) is 0 Å². The zero-order chi connectivity index (χ0) is 10.8. The van der Waals surface area contributed by atoms with Crippen LogP contribution in [0, 0.1) is 0 Å². The molecule has 0 saturated carbocycles. The first-order valence-corrected chi connectivity index (χ1v) is 5.22. The van der Waals surface area contributed by atoms with Crippen molar-refractivity contribution in [3.63, 3.8) is 0 Å². The Morgan fingerprint density at radius 1 is 1.60 bits per heavy atom. The molecule has 0 spiro atoms. The summed E-state index contributed by atoms with van der Waals surface area (Å²) < 4.78 is 0. The zero-order valence-electron chi connectivity index (χ0n) is 8.86. The third-order valence-corrected chi connectivity index (χ3v) is 2.72. The molecule has 15 heavy (non-hydrogen) atoms. The lowest BCUT2D eigenvalue weighted by Gasteiger charge is -2.28. The summed E-state index contributed by atoms with van der Waals surface area (Å²) >= 11 is 0. The summed E-state index contributed by atoms with van der Waals surface area (Å²) in [5.41, 5.74) is 7.77. The van der Waals surface area contributed by atoms with Gasteiger partial charge in [0.15, 0.2) is 0 Å². The van der Waals surface area contributed by atoms with E-state index in [2.05, 4.69) is 4.98 Å². The van der Waals surface area contributed by atoms with E-state index >= 15 is 0 Å². The summed E-state index contributed by atoms with van der Waals surface area (Å²) in [6.07, 6.45) is 1.38. The smallest absolute Gasteiger partial charge is 0.222 e. The van der Waals surface area contributed by atoms with Gasteiger partial charge in [0.2, 0.25) is 5.91 Å². The molecular weight excluding hydrogens is 190 g/mol. The average Bonchev–Trinajstić information content (AvgIpc) is 2.27. The van der Waals surface area contributed by atoms with Gasteiger partial charge in [-0.05, 0) is 11.6 Å². The Labute approximate surface area is 89.1 Å². The number of nitrogen functional groups attached to an aromatic ring is 1. The second-order valence-corrected chi connectivity index (χ2v) is 3.76. The van der Waals surface area contributed by atoms with Gasteiger partial charge >= 0.3 is 0 Å². The molecule has 80 valence electrons. The lowest BCUT2D eigenvalue weighted by Crippen LogP contribution is -2.35. The second kappa shape index (κ2) is 3.88. The number of aromatic nitrogens is 1. The Bertz CT molecular complexity index is 389. The van der Waals surface area contributed by atoms with Gasteiger partial charge in [0.05, 0.1) is 0 Å². The lowest BCUT2D eigenvalue weighted by atomic mass is 10.1. The van der Waals surface area contributed by atoms with Crippen molar-refractivity contribution < 1.29 is 4.79 Å². The van der Waals surface area contributed by atoms with Crippen molar-refractivity contribution in [3.05, 3.63) is 23.4 Å². The number of rotatable bonds is 1. The molecule has 0 fully saturated rings. The largest absolute Gasteiger partial charge is 0.384 e. The quantitative estimate of drug-likeness (QED) is 0.742. The molecular formula is C11H15N3O. The first-order valence-electron chi connectivity index (χ1n) is 5.22. The zero-order valence-corrected chi connectivity index (χ0v) is 8.86. The third-order valence-electron chi connectivity index (χ3n) is 2.72. The van der Waals surface area contributed by atoms with Gasteiger partial charge in [-0.15, -0.1) is 0 Å². The highest BCUT2D eigenvalue weighted by Gasteiger charge is 2.20. The normalized spacial score (nSPS) is 14.9. The maximum absolute atomic E-state index is 11.5. The summed E-state index contributed by atoms with van der Waals surface area (Å²) in [5.74, 6) is 0.765. The number of hydrogen-bond donors (Lipinski definition) is 1. The molecule has 0 unspecified atom stereocenters. The van der Waals surface area contributed by atoms with Crippen molar-refractivity contribution >= 4 is 11.7 Å². The second-order valence-electron chi connectivity index (χ2n) is 3.76. The first-order chi connectivity index (χ1) is 7.20. The maximum Gasteiger partial charge on any atom is 0.222 e. The van der Waals surface area contributed by atoms with Gasteiger partial charge in [-0.2, -0.15) is 0 Å². The third kappa shape index (κ3) is 1.93. The van der Waals surface area contributed by atoms with Gasteiger partial charge in [0, 0.05) is 31.6 Å². The highest BCUT2D eigenvalue weighted by Crippen LogP contribution is 2.18. The molecule has 0 aromatic carbocycles. The van der Waals surface area contributed by atoms with Crippen LogP contribution in [-0.2, 0) is 17.8 Å². The molecule has 1 aliphatic heterocycles. The van der Waals surface area contributed by atoms with E-state index in [1.165, 1.54) is 0 Å². The summed E-state index contributed by atoms with van der Waals surface area (Å²) in [4.78, 5) is 17.7. The molecule has 1 aliphatic rings. The van der Waals surface area contributed by atoms with Gasteiger partial charge in [-0.3, -0.25) is 4.79 Å². The van der Waals surface area contributed by atoms with Crippen molar-refractivity contribution in [3.8, 4) is 0 Å². The maximum atomic E-state index is 11.5. The molecule has 4 heteroatoms. The Kier molecular flexibility index (Phi) is 2.58. The number of amides is 1. The van der Waals surface area contributed by atoms with E-state index in [1.807, 2.05) is 17.9 Å². The van der Waals surface area contributed by atoms with Crippen LogP contribution in [0.2, 0.25) is 0 Å².